The first-order chi connectivity index (χ1) is 10.7. The highest BCUT2D eigenvalue weighted by Crippen LogP contribution is 2.08. The number of nitrogens with zero attached hydrogens (tertiary/aromatic N) is 2. The van der Waals surface area contributed by atoms with E-state index in [1.54, 1.807) is 13.2 Å². The van der Waals surface area contributed by atoms with Crippen molar-refractivity contribution < 1.29 is 9.47 Å². The number of nitrogens with one attached hydrogen (secondary N) is 2. The molecule has 0 saturated carbocycles. The van der Waals surface area contributed by atoms with Crippen LogP contribution in [0.4, 0.5) is 0 Å². The zero-order chi connectivity index (χ0) is 15.8. The maximum atomic E-state index is 5.81. The number of pyridine rings is 1. The molecule has 1 aromatic rings. The molecule has 1 fully saturated rings. The van der Waals surface area contributed by atoms with Gasteiger partial charge in [-0.1, -0.05) is 6.07 Å². The lowest BCUT2D eigenvalue weighted by atomic mass is 10.2. The van der Waals surface area contributed by atoms with Gasteiger partial charge in [0.15, 0.2) is 5.96 Å². The smallest absolute Gasteiger partial charge is 0.191 e. The van der Waals surface area contributed by atoms with Crippen molar-refractivity contribution >= 4 is 5.96 Å². The quantitative estimate of drug-likeness (QED) is 0.611. The van der Waals surface area contributed by atoms with Crippen LogP contribution >= 0.6 is 0 Å². The highest BCUT2D eigenvalue weighted by molar-refractivity contribution is 5.79. The first kappa shape index (κ1) is 16.7. The molecule has 0 aliphatic carbocycles. The monoisotopic (exact) mass is 306 g/mol. The second kappa shape index (κ2) is 8.70. The van der Waals surface area contributed by atoms with Crippen LogP contribution in [0.15, 0.2) is 23.3 Å². The van der Waals surface area contributed by atoms with Gasteiger partial charge >= 0.3 is 0 Å². The molecule has 1 saturated heterocycles. The molecule has 2 rings (SSSR count). The van der Waals surface area contributed by atoms with Gasteiger partial charge in [-0.3, -0.25) is 9.98 Å². The number of ether oxygens (including phenoxy) is 2. The van der Waals surface area contributed by atoms with Crippen LogP contribution in [-0.4, -0.2) is 50.0 Å². The van der Waals surface area contributed by atoms with Crippen molar-refractivity contribution in [1.82, 2.24) is 15.6 Å². The third-order valence-corrected chi connectivity index (χ3v) is 3.62. The van der Waals surface area contributed by atoms with Crippen molar-refractivity contribution in [3.63, 3.8) is 0 Å². The lowest BCUT2D eigenvalue weighted by Crippen LogP contribution is -2.44. The van der Waals surface area contributed by atoms with Gasteiger partial charge in [0, 0.05) is 25.9 Å². The molecule has 2 N–H and O–H groups in total. The molecule has 2 heterocycles. The van der Waals surface area contributed by atoms with Crippen LogP contribution < -0.4 is 10.6 Å². The summed E-state index contributed by atoms with van der Waals surface area (Å²) in [5, 5.41) is 6.61. The van der Waals surface area contributed by atoms with Gasteiger partial charge < -0.3 is 20.1 Å². The molecule has 0 bridgehead atoms. The topological polar surface area (TPSA) is 67.8 Å². The van der Waals surface area contributed by atoms with Crippen molar-refractivity contribution in [3.05, 3.63) is 29.6 Å². The van der Waals surface area contributed by atoms with Gasteiger partial charge in [0.25, 0.3) is 0 Å². The molecule has 0 aromatic carbocycles. The summed E-state index contributed by atoms with van der Waals surface area (Å²) in [4.78, 5) is 8.61. The SMILES string of the molecule is CN=C(NCc1ncccc1C)NC(C)COC1CCOC1. The van der Waals surface area contributed by atoms with E-state index in [-0.39, 0.29) is 12.1 Å². The molecule has 22 heavy (non-hydrogen) atoms. The zero-order valence-corrected chi connectivity index (χ0v) is 13.6. The van der Waals surface area contributed by atoms with Crippen LogP contribution in [0.5, 0.6) is 0 Å². The first-order valence-corrected chi connectivity index (χ1v) is 7.76. The van der Waals surface area contributed by atoms with E-state index in [0.29, 0.717) is 19.8 Å². The highest BCUT2D eigenvalue weighted by atomic mass is 16.5. The molecule has 1 aliphatic rings. The Morgan fingerprint density at radius 1 is 1.59 bits per heavy atom. The van der Waals surface area contributed by atoms with Crippen LogP contribution in [0.3, 0.4) is 0 Å². The van der Waals surface area contributed by atoms with Crippen LogP contribution in [0, 0.1) is 6.92 Å². The summed E-state index contributed by atoms with van der Waals surface area (Å²) < 4.78 is 11.1. The number of aryl methyl sites for hydroxylation is 1. The standard InChI is InChI=1S/C16H26N4O2/c1-12-5-4-7-18-15(12)9-19-16(17-3)20-13(2)10-22-14-6-8-21-11-14/h4-5,7,13-14H,6,8-11H2,1-3H3,(H2,17,19,20). The lowest BCUT2D eigenvalue weighted by molar-refractivity contribution is 0.0347. The number of guanidine groups is 1. The third-order valence-electron chi connectivity index (χ3n) is 3.62. The van der Waals surface area contributed by atoms with Crippen LogP contribution in [0.1, 0.15) is 24.6 Å². The van der Waals surface area contributed by atoms with E-state index < -0.39 is 0 Å². The van der Waals surface area contributed by atoms with E-state index in [1.165, 1.54) is 5.56 Å². The van der Waals surface area contributed by atoms with E-state index in [2.05, 4.69) is 40.5 Å². The average molecular weight is 306 g/mol. The fourth-order valence-electron chi connectivity index (χ4n) is 2.27. The van der Waals surface area contributed by atoms with Crippen molar-refractivity contribution in [1.29, 1.82) is 0 Å². The molecular weight excluding hydrogens is 280 g/mol. The number of rotatable bonds is 6. The van der Waals surface area contributed by atoms with Gasteiger partial charge in [-0.2, -0.15) is 0 Å². The molecule has 1 aromatic heterocycles. The summed E-state index contributed by atoms with van der Waals surface area (Å²) in [6.45, 7) is 6.93. The largest absolute Gasteiger partial charge is 0.379 e. The lowest BCUT2D eigenvalue weighted by Gasteiger charge is -2.19. The van der Waals surface area contributed by atoms with Gasteiger partial charge in [0.2, 0.25) is 0 Å². The fraction of sp³-hybridized carbons (Fsp3) is 0.625. The van der Waals surface area contributed by atoms with E-state index in [9.17, 15) is 0 Å². The Labute approximate surface area is 132 Å². The number of hydrogen-bond donors (Lipinski definition) is 2. The van der Waals surface area contributed by atoms with E-state index >= 15 is 0 Å². The molecule has 0 spiro atoms. The number of aliphatic imine (C=N–C) groups is 1. The maximum absolute atomic E-state index is 5.81. The van der Waals surface area contributed by atoms with Crippen molar-refractivity contribution in [3.8, 4) is 0 Å². The Bertz CT molecular complexity index is 487. The average Bonchev–Trinajstić information content (AvgIpc) is 3.04. The summed E-state index contributed by atoms with van der Waals surface area (Å²) in [5.74, 6) is 0.754. The predicted molar refractivity (Wildman–Crippen MR) is 86.9 cm³/mol. The summed E-state index contributed by atoms with van der Waals surface area (Å²) in [6.07, 6.45) is 3.02. The Hall–Kier alpha value is -1.66. The molecule has 0 radical (unpaired) electrons. The Balaban J connectivity index is 1.73. The zero-order valence-electron chi connectivity index (χ0n) is 13.6. The molecule has 1 aliphatic heterocycles. The minimum absolute atomic E-state index is 0.177. The Kier molecular flexibility index (Phi) is 6.61. The molecule has 122 valence electrons. The Morgan fingerprint density at radius 2 is 2.45 bits per heavy atom. The number of hydrogen-bond acceptors (Lipinski definition) is 4. The van der Waals surface area contributed by atoms with E-state index in [0.717, 1.165) is 24.7 Å². The van der Waals surface area contributed by atoms with Crippen LogP contribution in [0.2, 0.25) is 0 Å². The minimum Gasteiger partial charge on any atom is -0.379 e. The minimum atomic E-state index is 0.177. The fourth-order valence-corrected chi connectivity index (χ4v) is 2.27. The van der Waals surface area contributed by atoms with Gasteiger partial charge in [-0.05, 0) is 31.9 Å². The first-order valence-electron chi connectivity index (χ1n) is 7.76. The van der Waals surface area contributed by atoms with E-state index in [4.69, 9.17) is 9.47 Å². The molecule has 6 nitrogen and oxygen atoms in total. The molecule has 0 amide bonds. The maximum Gasteiger partial charge on any atom is 0.191 e. The van der Waals surface area contributed by atoms with Crippen molar-refractivity contribution in [2.45, 2.75) is 39.0 Å². The van der Waals surface area contributed by atoms with E-state index in [1.807, 2.05) is 6.07 Å². The normalized spacial score (nSPS) is 20.0. The van der Waals surface area contributed by atoms with Gasteiger partial charge in [-0.25, -0.2) is 0 Å². The molecular formula is C16H26N4O2. The van der Waals surface area contributed by atoms with Gasteiger partial charge in [-0.15, -0.1) is 0 Å². The molecule has 2 atom stereocenters. The second-order valence-corrected chi connectivity index (χ2v) is 5.56. The van der Waals surface area contributed by atoms with Gasteiger partial charge in [0.05, 0.1) is 31.6 Å². The van der Waals surface area contributed by atoms with Crippen molar-refractivity contribution in [2.24, 2.45) is 4.99 Å². The predicted octanol–water partition coefficient (Wildman–Crippen LogP) is 1.25. The summed E-state index contributed by atoms with van der Waals surface area (Å²) in [6, 6.07) is 4.18. The second-order valence-electron chi connectivity index (χ2n) is 5.56. The summed E-state index contributed by atoms with van der Waals surface area (Å²) >= 11 is 0. The van der Waals surface area contributed by atoms with Crippen LogP contribution in [0.25, 0.3) is 0 Å². The molecule has 2 unspecified atom stereocenters. The van der Waals surface area contributed by atoms with Crippen molar-refractivity contribution in [2.75, 3.05) is 26.9 Å². The summed E-state index contributed by atoms with van der Waals surface area (Å²) in [5.41, 5.74) is 2.19. The van der Waals surface area contributed by atoms with Gasteiger partial charge in [0.1, 0.15) is 0 Å². The molecule has 6 heteroatoms. The summed E-state index contributed by atoms with van der Waals surface area (Å²) in [7, 11) is 1.76. The third kappa shape index (κ3) is 5.27. The highest BCUT2D eigenvalue weighted by Gasteiger charge is 2.17. The number of aromatic nitrogens is 1. The van der Waals surface area contributed by atoms with Crippen LogP contribution in [-0.2, 0) is 16.0 Å². The Morgan fingerprint density at radius 3 is 3.14 bits per heavy atom.